The summed E-state index contributed by atoms with van der Waals surface area (Å²) in [6.07, 6.45) is 0. The fraction of sp³-hybridized carbons (Fsp3) is 0.250. The summed E-state index contributed by atoms with van der Waals surface area (Å²) in [5.41, 5.74) is 1.24. The summed E-state index contributed by atoms with van der Waals surface area (Å²) in [5.74, 6) is 0.961. The van der Waals surface area contributed by atoms with E-state index in [2.05, 4.69) is 13.9 Å². The van der Waals surface area contributed by atoms with Crippen LogP contribution < -0.4 is 10.2 Å². The molecule has 1 nitrogen and oxygen atoms in total. The van der Waals surface area contributed by atoms with Gasteiger partial charge in [0.25, 0.3) is 0 Å². The molecule has 0 saturated carbocycles. The molecular formula is C8H11BO. The van der Waals surface area contributed by atoms with Crippen LogP contribution in [0.25, 0.3) is 0 Å². The highest BCUT2D eigenvalue weighted by atomic mass is 16.5. The first-order valence-corrected chi connectivity index (χ1v) is 3.52. The van der Waals surface area contributed by atoms with Gasteiger partial charge in [-0.05, 0) is 19.1 Å². The lowest BCUT2D eigenvalue weighted by atomic mass is 9.96. The van der Waals surface area contributed by atoms with E-state index < -0.39 is 0 Å². The van der Waals surface area contributed by atoms with Gasteiger partial charge in [0, 0.05) is 0 Å². The molecule has 0 radical (unpaired) electrons. The number of hydrogen-bond acceptors (Lipinski definition) is 1. The van der Waals surface area contributed by atoms with Gasteiger partial charge in [0.05, 0.1) is 6.61 Å². The topological polar surface area (TPSA) is 9.23 Å². The van der Waals surface area contributed by atoms with Crippen LogP contribution in [0.4, 0.5) is 0 Å². The molecule has 0 aromatic heterocycles. The maximum absolute atomic E-state index is 5.29. The van der Waals surface area contributed by atoms with Crippen LogP contribution in [0.15, 0.2) is 24.3 Å². The van der Waals surface area contributed by atoms with E-state index in [9.17, 15) is 0 Å². The standard InChI is InChI=1S/C8H11BO/c1-2-10-8-5-3-4-7(9)6-8/h3-6H,2,9H2,1H3. The Morgan fingerprint density at radius 1 is 1.50 bits per heavy atom. The largest absolute Gasteiger partial charge is 0.494 e. The van der Waals surface area contributed by atoms with Gasteiger partial charge in [-0.1, -0.05) is 17.6 Å². The van der Waals surface area contributed by atoms with Crippen molar-refractivity contribution in [1.82, 2.24) is 0 Å². The molecule has 0 heterocycles. The van der Waals surface area contributed by atoms with E-state index >= 15 is 0 Å². The van der Waals surface area contributed by atoms with Gasteiger partial charge in [0.15, 0.2) is 0 Å². The smallest absolute Gasteiger partial charge is 0.139 e. The average Bonchev–Trinajstić information content (AvgIpc) is 1.88. The molecule has 0 aliphatic rings. The van der Waals surface area contributed by atoms with Gasteiger partial charge >= 0.3 is 0 Å². The molecule has 52 valence electrons. The number of ether oxygens (including phenoxy) is 1. The van der Waals surface area contributed by atoms with Gasteiger partial charge in [-0.25, -0.2) is 0 Å². The van der Waals surface area contributed by atoms with Crippen molar-refractivity contribution in [3.63, 3.8) is 0 Å². The molecule has 0 unspecified atom stereocenters. The molecule has 0 amide bonds. The normalized spacial score (nSPS) is 9.30. The van der Waals surface area contributed by atoms with Crippen molar-refractivity contribution in [2.24, 2.45) is 0 Å². The molecule has 0 atom stereocenters. The van der Waals surface area contributed by atoms with E-state index in [1.807, 2.05) is 25.1 Å². The molecule has 1 aromatic rings. The Hall–Kier alpha value is -0.915. The van der Waals surface area contributed by atoms with Crippen LogP contribution in [0.2, 0.25) is 0 Å². The Morgan fingerprint density at radius 2 is 2.30 bits per heavy atom. The fourth-order valence-electron chi connectivity index (χ4n) is 0.872. The van der Waals surface area contributed by atoms with Crippen LogP contribution in [0.3, 0.4) is 0 Å². The highest BCUT2D eigenvalue weighted by Gasteiger charge is 1.88. The molecule has 0 fully saturated rings. The molecule has 1 rings (SSSR count). The van der Waals surface area contributed by atoms with Gasteiger partial charge < -0.3 is 4.74 Å². The van der Waals surface area contributed by atoms with Crippen molar-refractivity contribution in [3.8, 4) is 5.75 Å². The molecule has 0 saturated heterocycles. The van der Waals surface area contributed by atoms with Gasteiger partial charge in [-0.2, -0.15) is 0 Å². The second-order valence-corrected chi connectivity index (χ2v) is 2.25. The predicted molar refractivity (Wildman–Crippen MR) is 45.8 cm³/mol. The predicted octanol–water partition coefficient (Wildman–Crippen LogP) is 0.344. The quantitative estimate of drug-likeness (QED) is 0.530. The van der Waals surface area contributed by atoms with E-state index in [-0.39, 0.29) is 0 Å². The summed E-state index contributed by atoms with van der Waals surface area (Å²) in [4.78, 5) is 0. The molecule has 1 aromatic carbocycles. The monoisotopic (exact) mass is 134 g/mol. The van der Waals surface area contributed by atoms with E-state index in [0.717, 1.165) is 12.4 Å². The van der Waals surface area contributed by atoms with Crippen molar-refractivity contribution in [1.29, 1.82) is 0 Å². The molecular weight excluding hydrogens is 123 g/mol. The molecule has 2 heteroatoms. The lowest BCUT2D eigenvalue weighted by Crippen LogP contribution is -2.02. The van der Waals surface area contributed by atoms with Gasteiger partial charge in [0.2, 0.25) is 0 Å². The molecule has 0 aliphatic carbocycles. The zero-order chi connectivity index (χ0) is 7.40. The maximum Gasteiger partial charge on any atom is 0.139 e. The van der Waals surface area contributed by atoms with Crippen LogP contribution in [0.1, 0.15) is 6.92 Å². The van der Waals surface area contributed by atoms with Crippen molar-refractivity contribution < 1.29 is 4.74 Å². The Bertz CT molecular complexity index is 210. The third kappa shape index (κ3) is 1.80. The van der Waals surface area contributed by atoms with E-state index in [0.29, 0.717) is 0 Å². The first-order chi connectivity index (χ1) is 4.83. The lowest BCUT2D eigenvalue weighted by Gasteiger charge is -2.01. The van der Waals surface area contributed by atoms with Gasteiger partial charge in [-0.3, -0.25) is 0 Å². The molecule has 0 aliphatic heterocycles. The highest BCUT2D eigenvalue weighted by molar-refractivity contribution is 6.32. The van der Waals surface area contributed by atoms with E-state index in [1.165, 1.54) is 5.46 Å². The minimum absolute atomic E-state index is 0.740. The van der Waals surface area contributed by atoms with Gasteiger partial charge in [0.1, 0.15) is 13.6 Å². The number of hydrogen-bond donors (Lipinski definition) is 0. The molecule has 10 heavy (non-hydrogen) atoms. The minimum Gasteiger partial charge on any atom is -0.494 e. The second kappa shape index (κ2) is 3.30. The van der Waals surface area contributed by atoms with Crippen LogP contribution in [0, 0.1) is 0 Å². The molecule has 0 N–H and O–H groups in total. The first kappa shape index (κ1) is 7.20. The minimum atomic E-state index is 0.740. The first-order valence-electron chi connectivity index (χ1n) is 3.52. The van der Waals surface area contributed by atoms with E-state index in [1.54, 1.807) is 0 Å². The second-order valence-electron chi connectivity index (χ2n) is 2.25. The Balaban J connectivity index is 2.75. The van der Waals surface area contributed by atoms with Crippen LogP contribution >= 0.6 is 0 Å². The summed E-state index contributed by atoms with van der Waals surface area (Å²) in [7, 11) is 2.06. The average molecular weight is 134 g/mol. The zero-order valence-electron chi connectivity index (χ0n) is 6.42. The Kier molecular flexibility index (Phi) is 2.38. The fourth-order valence-corrected chi connectivity index (χ4v) is 0.872. The third-order valence-corrected chi connectivity index (χ3v) is 1.30. The molecule has 0 bridgehead atoms. The molecule has 0 spiro atoms. The third-order valence-electron chi connectivity index (χ3n) is 1.30. The zero-order valence-corrected chi connectivity index (χ0v) is 6.42. The highest BCUT2D eigenvalue weighted by Crippen LogP contribution is 2.05. The van der Waals surface area contributed by atoms with E-state index in [4.69, 9.17) is 4.74 Å². The summed E-state index contributed by atoms with van der Waals surface area (Å²) >= 11 is 0. The summed E-state index contributed by atoms with van der Waals surface area (Å²) < 4.78 is 5.29. The Labute approximate surface area is 62.4 Å². The summed E-state index contributed by atoms with van der Waals surface area (Å²) in [6.45, 7) is 2.73. The van der Waals surface area contributed by atoms with Crippen molar-refractivity contribution in [2.45, 2.75) is 6.92 Å². The van der Waals surface area contributed by atoms with Crippen molar-refractivity contribution in [3.05, 3.63) is 24.3 Å². The number of benzene rings is 1. The SMILES string of the molecule is Bc1cccc(OCC)c1. The van der Waals surface area contributed by atoms with Crippen LogP contribution in [-0.4, -0.2) is 14.5 Å². The Morgan fingerprint density at radius 3 is 2.90 bits per heavy atom. The summed E-state index contributed by atoms with van der Waals surface area (Å²) in [6, 6.07) is 8.06. The van der Waals surface area contributed by atoms with Crippen molar-refractivity contribution >= 4 is 13.3 Å². The lowest BCUT2D eigenvalue weighted by molar-refractivity contribution is 0.340. The van der Waals surface area contributed by atoms with Gasteiger partial charge in [-0.15, -0.1) is 0 Å². The van der Waals surface area contributed by atoms with Crippen LogP contribution in [-0.2, 0) is 0 Å². The van der Waals surface area contributed by atoms with Crippen molar-refractivity contribution in [2.75, 3.05) is 6.61 Å². The number of rotatable bonds is 2. The maximum atomic E-state index is 5.29. The summed E-state index contributed by atoms with van der Waals surface area (Å²) in [5, 5.41) is 0. The van der Waals surface area contributed by atoms with Crippen LogP contribution in [0.5, 0.6) is 5.75 Å².